The summed E-state index contributed by atoms with van der Waals surface area (Å²) in [7, 11) is 1.25. The van der Waals surface area contributed by atoms with Gasteiger partial charge in [0.2, 0.25) is 0 Å². The Bertz CT molecular complexity index is 387. The monoisotopic (exact) mass is 217 g/mol. The molecule has 0 unspecified atom stereocenters. The smallest absolute Gasteiger partial charge is 0.420 e. The van der Waals surface area contributed by atoms with Crippen LogP contribution in [-0.2, 0) is 12.6 Å². The first kappa shape index (κ1) is 10.1. The predicted molar refractivity (Wildman–Crippen MR) is 50.2 cm³/mol. The van der Waals surface area contributed by atoms with Crippen molar-refractivity contribution in [2.75, 3.05) is 19.0 Å². The van der Waals surface area contributed by atoms with E-state index in [4.69, 9.17) is 4.74 Å². The van der Waals surface area contributed by atoms with Gasteiger partial charge in [0, 0.05) is 12.2 Å². The Kier molecular flexibility index (Phi) is 2.25. The third kappa shape index (κ3) is 1.73. The van der Waals surface area contributed by atoms with Gasteiger partial charge in [0.25, 0.3) is 0 Å². The number of benzene rings is 1. The molecule has 1 aliphatic heterocycles. The molecule has 0 aromatic heterocycles. The van der Waals surface area contributed by atoms with E-state index >= 15 is 0 Å². The summed E-state index contributed by atoms with van der Waals surface area (Å²) >= 11 is 0. The van der Waals surface area contributed by atoms with Gasteiger partial charge in [-0.3, -0.25) is 0 Å². The SMILES string of the molecule is COc1cc2c(cc1C(F)(F)F)NCC2. The van der Waals surface area contributed by atoms with Crippen LogP contribution < -0.4 is 10.1 Å². The molecule has 0 saturated heterocycles. The van der Waals surface area contributed by atoms with Crippen molar-refractivity contribution in [3.63, 3.8) is 0 Å². The fourth-order valence-corrected chi connectivity index (χ4v) is 1.72. The Labute approximate surface area is 85.0 Å². The third-order valence-corrected chi connectivity index (χ3v) is 2.44. The number of fused-ring (bicyclic) bond motifs is 1. The number of hydrogen-bond acceptors (Lipinski definition) is 2. The van der Waals surface area contributed by atoms with E-state index in [0.29, 0.717) is 12.2 Å². The average Bonchev–Trinajstić information content (AvgIpc) is 2.60. The van der Waals surface area contributed by atoms with Crippen LogP contribution in [0.25, 0.3) is 0 Å². The van der Waals surface area contributed by atoms with Crippen molar-refractivity contribution in [2.24, 2.45) is 0 Å². The molecule has 82 valence electrons. The van der Waals surface area contributed by atoms with Gasteiger partial charge in [0.1, 0.15) is 5.75 Å². The van der Waals surface area contributed by atoms with Gasteiger partial charge in [0.15, 0.2) is 0 Å². The maximum atomic E-state index is 12.6. The van der Waals surface area contributed by atoms with E-state index in [0.717, 1.165) is 18.1 Å². The van der Waals surface area contributed by atoms with E-state index in [-0.39, 0.29) is 5.75 Å². The third-order valence-electron chi connectivity index (χ3n) is 2.44. The number of methoxy groups -OCH3 is 1. The average molecular weight is 217 g/mol. The van der Waals surface area contributed by atoms with Crippen LogP contribution in [0.5, 0.6) is 5.75 Å². The van der Waals surface area contributed by atoms with Gasteiger partial charge in [-0.15, -0.1) is 0 Å². The van der Waals surface area contributed by atoms with Crippen molar-refractivity contribution in [3.05, 3.63) is 23.3 Å². The van der Waals surface area contributed by atoms with Gasteiger partial charge in [-0.2, -0.15) is 13.2 Å². The van der Waals surface area contributed by atoms with Crippen LogP contribution >= 0.6 is 0 Å². The number of hydrogen-bond donors (Lipinski definition) is 1. The zero-order valence-corrected chi connectivity index (χ0v) is 8.11. The van der Waals surface area contributed by atoms with E-state index < -0.39 is 11.7 Å². The highest BCUT2D eigenvalue weighted by Gasteiger charge is 2.35. The van der Waals surface area contributed by atoms with Gasteiger partial charge in [-0.25, -0.2) is 0 Å². The lowest BCUT2D eigenvalue weighted by Crippen LogP contribution is -2.08. The fourth-order valence-electron chi connectivity index (χ4n) is 1.72. The molecule has 2 nitrogen and oxygen atoms in total. The molecule has 1 N–H and O–H groups in total. The van der Waals surface area contributed by atoms with Gasteiger partial charge in [0.05, 0.1) is 12.7 Å². The molecule has 1 aromatic rings. The summed E-state index contributed by atoms with van der Waals surface area (Å²) in [5.74, 6) is -0.107. The summed E-state index contributed by atoms with van der Waals surface area (Å²) in [6, 6.07) is 2.57. The Morgan fingerprint density at radius 1 is 1.33 bits per heavy atom. The molecule has 1 aromatic carbocycles. The molecule has 1 heterocycles. The number of nitrogens with one attached hydrogen (secondary N) is 1. The highest BCUT2D eigenvalue weighted by atomic mass is 19.4. The number of anilines is 1. The fraction of sp³-hybridized carbons (Fsp3) is 0.400. The van der Waals surface area contributed by atoms with Crippen molar-refractivity contribution in [1.29, 1.82) is 0 Å². The molecular weight excluding hydrogens is 207 g/mol. The quantitative estimate of drug-likeness (QED) is 0.780. The molecule has 0 spiro atoms. The summed E-state index contributed by atoms with van der Waals surface area (Å²) in [4.78, 5) is 0. The van der Waals surface area contributed by atoms with Crippen LogP contribution in [0, 0.1) is 0 Å². The van der Waals surface area contributed by atoms with E-state index in [9.17, 15) is 13.2 Å². The zero-order chi connectivity index (χ0) is 11.1. The highest BCUT2D eigenvalue weighted by Crippen LogP contribution is 2.40. The Balaban J connectivity index is 2.54. The van der Waals surface area contributed by atoms with E-state index in [1.807, 2.05) is 0 Å². The summed E-state index contributed by atoms with van der Waals surface area (Å²) in [6.07, 6.45) is -3.63. The molecule has 2 rings (SSSR count). The summed E-state index contributed by atoms with van der Waals surface area (Å²) < 4.78 is 42.5. The van der Waals surface area contributed by atoms with Gasteiger partial charge in [-0.1, -0.05) is 0 Å². The molecule has 0 amide bonds. The normalized spacial score (nSPS) is 14.7. The first-order valence-corrected chi connectivity index (χ1v) is 4.54. The van der Waals surface area contributed by atoms with Crippen molar-refractivity contribution in [2.45, 2.75) is 12.6 Å². The molecule has 15 heavy (non-hydrogen) atoms. The summed E-state index contributed by atoms with van der Waals surface area (Å²) in [5.41, 5.74) is 0.709. The molecule has 0 saturated carbocycles. The van der Waals surface area contributed by atoms with Crippen LogP contribution in [0.2, 0.25) is 0 Å². The number of rotatable bonds is 1. The zero-order valence-electron chi connectivity index (χ0n) is 8.11. The van der Waals surface area contributed by atoms with Gasteiger partial charge >= 0.3 is 6.18 Å². The molecule has 0 fully saturated rings. The minimum atomic E-state index is -4.37. The molecule has 0 atom stereocenters. The van der Waals surface area contributed by atoms with Crippen LogP contribution in [0.1, 0.15) is 11.1 Å². The molecule has 5 heteroatoms. The molecular formula is C10H10F3NO. The summed E-state index contributed by atoms with van der Waals surface area (Å²) in [6.45, 7) is 0.680. The van der Waals surface area contributed by atoms with Crippen molar-refractivity contribution in [1.82, 2.24) is 0 Å². The van der Waals surface area contributed by atoms with E-state index in [1.54, 1.807) is 0 Å². The largest absolute Gasteiger partial charge is 0.496 e. The first-order chi connectivity index (χ1) is 7.02. The number of alkyl halides is 3. The lowest BCUT2D eigenvalue weighted by molar-refractivity contribution is -0.138. The standard InChI is InChI=1S/C10H10F3NO/c1-15-9-4-6-2-3-14-8(6)5-7(9)10(11,12)13/h4-5,14H,2-3H2,1H3. The summed E-state index contributed by atoms with van der Waals surface area (Å²) in [5, 5.41) is 2.91. The second-order valence-corrected chi connectivity index (χ2v) is 3.38. The van der Waals surface area contributed by atoms with Crippen LogP contribution in [0.3, 0.4) is 0 Å². The molecule has 1 aliphatic rings. The highest BCUT2D eigenvalue weighted by molar-refractivity contribution is 5.61. The van der Waals surface area contributed by atoms with Crippen LogP contribution in [-0.4, -0.2) is 13.7 Å². The minimum Gasteiger partial charge on any atom is -0.496 e. The second kappa shape index (κ2) is 3.32. The maximum Gasteiger partial charge on any atom is 0.420 e. The van der Waals surface area contributed by atoms with Gasteiger partial charge in [-0.05, 0) is 24.1 Å². The van der Waals surface area contributed by atoms with Gasteiger partial charge < -0.3 is 10.1 Å². The molecule has 0 aliphatic carbocycles. The lowest BCUT2D eigenvalue weighted by Gasteiger charge is -2.13. The Morgan fingerprint density at radius 3 is 2.67 bits per heavy atom. The lowest BCUT2D eigenvalue weighted by atomic mass is 10.1. The first-order valence-electron chi connectivity index (χ1n) is 4.54. The van der Waals surface area contributed by atoms with E-state index in [1.165, 1.54) is 13.2 Å². The van der Waals surface area contributed by atoms with Crippen LogP contribution in [0.4, 0.5) is 18.9 Å². The number of halogens is 3. The Hall–Kier alpha value is -1.39. The minimum absolute atomic E-state index is 0.107. The maximum absolute atomic E-state index is 12.6. The molecule has 0 radical (unpaired) electrons. The van der Waals surface area contributed by atoms with Crippen molar-refractivity contribution >= 4 is 5.69 Å². The topological polar surface area (TPSA) is 21.3 Å². The van der Waals surface area contributed by atoms with Crippen molar-refractivity contribution in [3.8, 4) is 5.75 Å². The molecule has 0 bridgehead atoms. The van der Waals surface area contributed by atoms with Crippen molar-refractivity contribution < 1.29 is 17.9 Å². The number of ether oxygens (including phenoxy) is 1. The Morgan fingerprint density at radius 2 is 2.07 bits per heavy atom. The second-order valence-electron chi connectivity index (χ2n) is 3.38. The van der Waals surface area contributed by atoms with E-state index in [2.05, 4.69) is 5.32 Å². The van der Waals surface area contributed by atoms with Crippen LogP contribution in [0.15, 0.2) is 12.1 Å². The predicted octanol–water partition coefficient (Wildman–Crippen LogP) is 2.68.